The fraction of sp³-hybridized carbons (Fsp3) is 0.455. The lowest BCUT2D eigenvalue weighted by molar-refractivity contribution is 0.211. The number of alkyl halides is 1. The summed E-state index contributed by atoms with van der Waals surface area (Å²) in [6.45, 7) is 0.354. The van der Waals surface area contributed by atoms with Crippen LogP contribution in [-0.4, -0.2) is 37.9 Å². The summed E-state index contributed by atoms with van der Waals surface area (Å²) in [4.78, 5) is 0.712. The monoisotopic (exact) mass is 277 g/mol. The molecule has 1 aromatic rings. The quantitative estimate of drug-likeness (QED) is 0.550. The topological polar surface area (TPSA) is 50.7 Å². The third-order valence-corrected chi connectivity index (χ3v) is 2.93. The Morgan fingerprint density at radius 2 is 1.94 bits per heavy atom. The highest BCUT2D eigenvalue weighted by molar-refractivity contribution is 7.80. The Morgan fingerprint density at radius 3 is 2.47 bits per heavy atom. The SMILES string of the molecule is COc1cc(S)c(NCC(O)CCl)cc1OC. The van der Waals surface area contributed by atoms with E-state index in [1.54, 1.807) is 26.4 Å². The lowest BCUT2D eigenvalue weighted by atomic mass is 10.2. The van der Waals surface area contributed by atoms with Crippen LogP contribution in [0.3, 0.4) is 0 Å². The summed E-state index contributed by atoms with van der Waals surface area (Å²) < 4.78 is 10.3. The molecule has 0 bridgehead atoms. The van der Waals surface area contributed by atoms with E-state index in [2.05, 4.69) is 17.9 Å². The van der Waals surface area contributed by atoms with Gasteiger partial charge in [0.15, 0.2) is 11.5 Å². The van der Waals surface area contributed by atoms with Gasteiger partial charge >= 0.3 is 0 Å². The van der Waals surface area contributed by atoms with Crippen molar-refractivity contribution in [1.82, 2.24) is 0 Å². The maximum atomic E-state index is 9.36. The van der Waals surface area contributed by atoms with Crippen LogP contribution in [0.4, 0.5) is 5.69 Å². The average Bonchev–Trinajstić information content (AvgIpc) is 2.36. The molecule has 0 aliphatic heterocycles. The molecule has 2 N–H and O–H groups in total. The Balaban J connectivity index is 2.85. The molecule has 1 aromatic carbocycles. The highest BCUT2D eigenvalue weighted by atomic mass is 35.5. The lowest BCUT2D eigenvalue weighted by Crippen LogP contribution is -2.20. The van der Waals surface area contributed by atoms with Gasteiger partial charge in [-0.2, -0.15) is 0 Å². The van der Waals surface area contributed by atoms with Crippen molar-refractivity contribution in [2.75, 3.05) is 32.0 Å². The zero-order valence-corrected chi connectivity index (χ0v) is 11.4. The Labute approximate surface area is 111 Å². The van der Waals surface area contributed by atoms with Crippen molar-refractivity contribution in [3.63, 3.8) is 0 Å². The molecule has 0 aromatic heterocycles. The number of benzene rings is 1. The number of thiol groups is 1. The number of hydrogen-bond donors (Lipinski definition) is 3. The van der Waals surface area contributed by atoms with E-state index in [0.717, 1.165) is 5.69 Å². The van der Waals surface area contributed by atoms with Crippen LogP contribution in [0.15, 0.2) is 17.0 Å². The van der Waals surface area contributed by atoms with Crippen LogP contribution in [0.25, 0.3) is 0 Å². The number of ether oxygens (including phenoxy) is 2. The van der Waals surface area contributed by atoms with Gasteiger partial charge in [-0.05, 0) is 6.07 Å². The lowest BCUT2D eigenvalue weighted by Gasteiger charge is -2.15. The van der Waals surface area contributed by atoms with Crippen molar-refractivity contribution in [2.45, 2.75) is 11.0 Å². The molecule has 0 radical (unpaired) electrons. The number of nitrogens with one attached hydrogen (secondary N) is 1. The summed E-state index contributed by atoms with van der Waals surface area (Å²) in [6, 6.07) is 3.51. The number of hydrogen-bond acceptors (Lipinski definition) is 5. The van der Waals surface area contributed by atoms with Gasteiger partial charge in [0.05, 0.1) is 31.9 Å². The standard InChI is InChI=1S/C11H16ClNO3S/c1-15-9-3-8(13-6-7(14)5-12)11(17)4-10(9)16-2/h3-4,7,13-14,17H,5-6H2,1-2H3. The van der Waals surface area contributed by atoms with Gasteiger partial charge in [-0.25, -0.2) is 0 Å². The molecular formula is C11H16ClNO3S. The van der Waals surface area contributed by atoms with Crippen LogP contribution in [-0.2, 0) is 0 Å². The van der Waals surface area contributed by atoms with E-state index in [1.807, 2.05) is 0 Å². The molecule has 1 atom stereocenters. The van der Waals surface area contributed by atoms with Gasteiger partial charge in [-0.15, -0.1) is 24.2 Å². The molecule has 0 spiro atoms. The van der Waals surface area contributed by atoms with Crippen molar-refractivity contribution >= 4 is 29.9 Å². The molecule has 1 unspecified atom stereocenters. The molecule has 0 heterocycles. The van der Waals surface area contributed by atoms with Gasteiger partial charge < -0.3 is 19.9 Å². The number of anilines is 1. The van der Waals surface area contributed by atoms with E-state index < -0.39 is 6.10 Å². The minimum Gasteiger partial charge on any atom is -0.493 e. The number of rotatable bonds is 6. The number of aliphatic hydroxyl groups is 1. The minimum atomic E-state index is -0.600. The largest absolute Gasteiger partial charge is 0.493 e. The molecular weight excluding hydrogens is 262 g/mol. The Bertz CT molecular complexity index is 376. The molecule has 6 heteroatoms. The molecule has 96 valence electrons. The molecule has 0 saturated carbocycles. The van der Waals surface area contributed by atoms with Gasteiger partial charge in [0, 0.05) is 17.5 Å². The van der Waals surface area contributed by atoms with E-state index in [1.165, 1.54) is 0 Å². The number of aliphatic hydroxyl groups excluding tert-OH is 1. The summed E-state index contributed by atoms with van der Waals surface area (Å²) in [7, 11) is 3.13. The average molecular weight is 278 g/mol. The third kappa shape index (κ3) is 3.87. The molecule has 0 fully saturated rings. The second kappa shape index (κ2) is 6.83. The second-order valence-electron chi connectivity index (χ2n) is 3.41. The summed E-state index contributed by atoms with van der Waals surface area (Å²) in [6.07, 6.45) is -0.600. The van der Waals surface area contributed by atoms with E-state index in [4.69, 9.17) is 21.1 Å². The van der Waals surface area contributed by atoms with Gasteiger partial charge in [0.25, 0.3) is 0 Å². The Morgan fingerprint density at radius 1 is 1.35 bits per heavy atom. The zero-order chi connectivity index (χ0) is 12.8. The van der Waals surface area contributed by atoms with E-state index in [-0.39, 0.29) is 5.88 Å². The zero-order valence-electron chi connectivity index (χ0n) is 9.74. The number of methoxy groups -OCH3 is 2. The van der Waals surface area contributed by atoms with Crippen LogP contribution in [0, 0.1) is 0 Å². The Kier molecular flexibility index (Phi) is 5.74. The van der Waals surface area contributed by atoms with Crippen molar-refractivity contribution in [3.05, 3.63) is 12.1 Å². The highest BCUT2D eigenvalue weighted by Crippen LogP contribution is 2.34. The molecule has 0 saturated heterocycles. The Hall–Kier alpha value is -0.780. The number of halogens is 1. The van der Waals surface area contributed by atoms with Crippen molar-refractivity contribution < 1.29 is 14.6 Å². The van der Waals surface area contributed by atoms with Gasteiger partial charge in [-0.3, -0.25) is 0 Å². The van der Waals surface area contributed by atoms with Crippen LogP contribution in [0.2, 0.25) is 0 Å². The molecule has 4 nitrogen and oxygen atoms in total. The maximum absolute atomic E-state index is 9.36. The smallest absolute Gasteiger partial charge is 0.162 e. The first kappa shape index (κ1) is 14.3. The maximum Gasteiger partial charge on any atom is 0.162 e. The third-order valence-electron chi connectivity index (χ3n) is 2.21. The molecule has 0 amide bonds. The van der Waals surface area contributed by atoms with Crippen LogP contribution < -0.4 is 14.8 Å². The predicted molar refractivity (Wildman–Crippen MR) is 72.0 cm³/mol. The normalized spacial score (nSPS) is 12.1. The highest BCUT2D eigenvalue weighted by Gasteiger charge is 2.10. The van der Waals surface area contributed by atoms with Crippen molar-refractivity contribution in [1.29, 1.82) is 0 Å². The van der Waals surface area contributed by atoms with Crippen molar-refractivity contribution in [3.8, 4) is 11.5 Å². The first-order valence-electron chi connectivity index (χ1n) is 5.05. The fourth-order valence-corrected chi connectivity index (χ4v) is 1.66. The summed E-state index contributed by atoms with van der Waals surface area (Å²) in [5.41, 5.74) is 0.759. The first-order valence-corrected chi connectivity index (χ1v) is 6.03. The molecule has 0 aliphatic carbocycles. The molecule has 0 aliphatic rings. The van der Waals surface area contributed by atoms with Gasteiger partial charge in [0.1, 0.15) is 0 Å². The van der Waals surface area contributed by atoms with Crippen LogP contribution in [0.1, 0.15) is 0 Å². The van der Waals surface area contributed by atoms with Crippen LogP contribution in [0.5, 0.6) is 11.5 Å². The predicted octanol–water partition coefficient (Wildman–Crippen LogP) is 2.00. The minimum absolute atomic E-state index is 0.183. The molecule has 1 rings (SSSR count). The van der Waals surface area contributed by atoms with Crippen LogP contribution >= 0.6 is 24.2 Å². The molecule has 17 heavy (non-hydrogen) atoms. The van der Waals surface area contributed by atoms with E-state index >= 15 is 0 Å². The van der Waals surface area contributed by atoms with Gasteiger partial charge in [0.2, 0.25) is 0 Å². The van der Waals surface area contributed by atoms with E-state index in [0.29, 0.717) is 22.9 Å². The summed E-state index contributed by atoms with van der Waals surface area (Å²) in [5, 5.41) is 12.4. The summed E-state index contributed by atoms with van der Waals surface area (Å²) in [5.74, 6) is 1.40. The van der Waals surface area contributed by atoms with Gasteiger partial charge in [-0.1, -0.05) is 0 Å². The van der Waals surface area contributed by atoms with Crippen molar-refractivity contribution in [2.24, 2.45) is 0 Å². The first-order chi connectivity index (χ1) is 8.12. The van der Waals surface area contributed by atoms with E-state index in [9.17, 15) is 5.11 Å². The fourth-order valence-electron chi connectivity index (χ4n) is 1.29. The second-order valence-corrected chi connectivity index (χ2v) is 4.20. The summed E-state index contributed by atoms with van der Waals surface area (Å²) >= 11 is 9.84.